The van der Waals surface area contributed by atoms with Crippen LogP contribution in [-0.4, -0.2) is 23.2 Å². The predicted octanol–water partition coefficient (Wildman–Crippen LogP) is 2.48. The highest BCUT2D eigenvalue weighted by Crippen LogP contribution is 2.04. The number of hydrazone groups is 1. The molecule has 1 amide bonds. The van der Waals surface area contributed by atoms with Crippen molar-refractivity contribution in [3.8, 4) is 0 Å². The van der Waals surface area contributed by atoms with Crippen molar-refractivity contribution in [2.75, 3.05) is 0 Å². The summed E-state index contributed by atoms with van der Waals surface area (Å²) >= 11 is 0. The number of amides is 1. The SMILES string of the molecule is Cc1ccccc1/C=N/NC(=O)CCCCCC(=O)O. The summed E-state index contributed by atoms with van der Waals surface area (Å²) < 4.78 is 0. The second-order valence-electron chi connectivity index (χ2n) is 4.60. The molecule has 20 heavy (non-hydrogen) atoms. The minimum Gasteiger partial charge on any atom is -0.481 e. The molecular weight excluding hydrogens is 256 g/mol. The molecule has 0 aliphatic carbocycles. The van der Waals surface area contributed by atoms with Crippen LogP contribution in [-0.2, 0) is 9.59 Å². The van der Waals surface area contributed by atoms with Gasteiger partial charge in [-0.05, 0) is 30.9 Å². The largest absolute Gasteiger partial charge is 0.481 e. The van der Waals surface area contributed by atoms with Crippen LogP contribution in [0, 0.1) is 6.92 Å². The monoisotopic (exact) mass is 276 g/mol. The molecule has 0 saturated carbocycles. The molecule has 5 nitrogen and oxygen atoms in total. The first-order chi connectivity index (χ1) is 9.59. The Morgan fingerprint density at radius 2 is 1.90 bits per heavy atom. The van der Waals surface area contributed by atoms with Crippen molar-refractivity contribution in [3.63, 3.8) is 0 Å². The van der Waals surface area contributed by atoms with Gasteiger partial charge in [0.1, 0.15) is 0 Å². The third-order valence-corrected chi connectivity index (χ3v) is 2.88. The molecule has 0 bridgehead atoms. The fourth-order valence-electron chi connectivity index (χ4n) is 1.70. The van der Waals surface area contributed by atoms with Crippen LogP contribution in [0.5, 0.6) is 0 Å². The molecule has 2 N–H and O–H groups in total. The molecule has 1 aromatic rings. The molecule has 0 saturated heterocycles. The Bertz CT molecular complexity index is 484. The number of benzene rings is 1. The molecule has 108 valence electrons. The molecular formula is C15H20N2O3. The highest BCUT2D eigenvalue weighted by molar-refractivity contribution is 5.83. The number of carbonyl (C=O) groups is 2. The average Bonchev–Trinajstić information content (AvgIpc) is 2.40. The quantitative estimate of drug-likeness (QED) is 0.435. The van der Waals surface area contributed by atoms with Crippen LogP contribution < -0.4 is 5.43 Å². The first-order valence-electron chi connectivity index (χ1n) is 6.69. The maximum Gasteiger partial charge on any atom is 0.303 e. The number of carbonyl (C=O) groups excluding carboxylic acids is 1. The Morgan fingerprint density at radius 3 is 2.60 bits per heavy atom. The molecule has 0 fully saturated rings. The molecule has 0 spiro atoms. The van der Waals surface area contributed by atoms with Gasteiger partial charge >= 0.3 is 5.97 Å². The lowest BCUT2D eigenvalue weighted by Gasteiger charge is -2.01. The van der Waals surface area contributed by atoms with Gasteiger partial charge in [0.2, 0.25) is 5.91 Å². The van der Waals surface area contributed by atoms with Gasteiger partial charge in [-0.15, -0.1) is 0 Å². The van der Waals surface area contributed by atoms with Crippen LogP contribution in [0.4, 0.5) is 0 Å². The van der Waals surface area contributed by atoms with E-state index >= 15 is 0 Å². The van der Waals surface area contributed by atoms with Gasteiger partial charge in [0.05, 0.1) is 6.21 Å². The van der Waals surface area contributed by atoms with E-state index in [9.17, 15) is 9.59 Å². The number of nitrogens with zero attached hydrogens (tertiary/aromatic N) is 1. The third kappa shape index (κ3) is 6.68. The maximum atomic E-state index is 11.5. The number of carboxylic acid groups (broad SMARTS) is 1. The summed E-state index contributed by atoms with van der Waals surface area (Å²) in [5.74, 6) is -0.942. The van der Waals surface area contributed by atoms with E-state index in [0.717, 1.165) is 17.5 Å². The van der Waals surface area contributed by atoms with Crippen LogP contribution in [0.25, 0.3) is 0 Å². The zero-order valence-corrected chi connectivity index (χ0v) is 11.6. The average molecular weight is 276 g/mol. The molecule has 1 rings (SSSR count). The normalized spacial score (nSPS) is 10.7. The van der Waals surface area contributed by atoms with Crippen molar-refractivity contribution < 1.29 is 14.7 Å². The minimum absolute atomic E-state index is 0.148. The van der Waals surface area contributed by atoms with E-state index < -0.39 is 5.97 Å². The van der Waals surface area contributed by atoms with Gasteiger partial charge in [0.15, 0.2) is 0 Å². The Hall–Kier alpha value is -2.17. The zero-order chi connectivity index (χ0) is 14.8. The third-order valence-electron chi connectivity index (χ3n) is 2.88. The molecule has 0 unspecified atom stereocenters. The van der Waals surface area contributed by atoms with Crippen molar-refractivity contribution in [2.45, 2.75) is 39.0 Å². The standard InChI is InChI=1S/C15H20N2O3/c1-12-7-5-6-8-13(12)11-16-17-14(18)9-3-2-4-10-15(19)20/h5-8,11H,2-4,9-10H2,1H3,(H,17,18)(H,19,20)/b16-11+. The lowest BCUT2D eigenvalue weighted by Crippen LogP contribution is -2.17. The fraction of sp³-hybridized carbons (Fsp3) is 0.400. The van der Waals surface area contributed by atoms with E-state index in [2.05, 4.69) is 10.5 Å². The van der Waals surface area contributed by atoms with E-state index in [4.69, 9.17) is 5.11 Å². The number of rotatable bonds is 8. The van der Waals surface area contributed by atoms with Crippen molar-refractivity contribution >= 4 is 18.1 Å². The van der Waals surface area contributed by atoms with Gasteiger partial charge in [-0.25, -0.2) is 5.43 Å². The summed E-state index contributed by atoms with van der Waals surface area (Å²) in [6.45, 7) is 1.98. The molecule has 1 aromatic carbocycles. The summed E-state index contributed by atoms with van der Waals surface area (Å²) in [4.78, 5) is 21.8. The maximum absolute atomic E-state index is 11.5. The Labute approximate surface area is 118 Å². The summed E-state index contributed by atoms with van der Waals surface area (Å²) in [5, 5.41) is 12.4. The van der Waals surface area contributed by atoms with Gasteiger partial charge < -0.3 is 5.11 Å². The topological polar surface area (TPSA) is 78.8 Å². The zero-order valence-electron chi connectivity index (χ0n) is 11.6. The number of nitrogens with one attached hydrogen (secondary N) is 1. The highest BCUT2D eigenvalue weighted by Gasteiger charge is 2.01. The van der Waals surface area contributed by atoms with Crippen LogP contribution in [0.15, 0.2) is 29.4 Å². The van der Waals surface area contributed by atoms with Crippen LogP contribution in [0.3, 0.4) is 0 Å². The first kappa shape index (κ1) is 15.9. The van der Waals surface area contributed by atoms with Gasteiger partial charge in [-0.2, -0.15) is 5.10 Å². The fourth-order valence-corrected chi connectivity index (χ4v) is 1.70. The predicted molar refractivity (Wildman–Crippen MR) is 77.6 cm³/mol. The van der Waals surface area contributed by atoms with Crippen LogP contribution >= 0.6 is 0 Å². The van der Waals surface area contributed by atoms with Crippen molar-refractivity contribution in [1.82, 2.24) is 5.43 Å². The van der Waals surface area contributed by atoms with Crippen molar-refractivity contribution in [3.05, 3.63) is 35.4 Å². The minimum atomic E-state index is -0.794. The number of unbranched alkanes of at least 4 members (excludes halogenated alkanes) is 2. The van der Waals surface area contributed by atoms with E-state index in [0.29, 0.717) is 19.3 Å². The summed E-state index contributed by atoms with van der Waals surface area (Å²) in [5.41, 5.74) is 4.54. The summed E-state index contributed by atoms with van der Waals surface area (Å²) in [6, 6.07) is 7.77. The van der Waals surface area contributed by atoms with E-state index in [1.54, 1.807) is 6.21 Å². The molecule has 0 atom stereocenters. The van der Waals surface area contributed by atoms with E-state index in [1.165, 1.54) is 0 Å². The molecule has 5 heteroatoms. The first-order valence-corrected chi connectivity index (χ1v) is 6.69. The molecule has 0 radical (unpaired) electrons. The van der Waals surface area contributed by atoms with Crippen molar-refractivity contribution in [2.24, 2.45) is 5.10 Å². The molecule has 0 aliphatic rings. The van der Waals surface area contributed by atoms with Crippen LogP contribution in [0.1, 0.15) is 43.2 Å². The number of hydrogen-bond donors (Lipinski definition) is 2. The number of hydrogen-bond acceptors (Lipinski definition) is 3. The molecule has 0 aliphatic heterocycles. The van der Waals surface area contributed by atoms with Gasteiger partial charge in [-0.3, -0.25) is 9.59 Å². The highest BCUT2D eigenvalue weighted by atomic mass is 16.4. The smallest absolute Gasteiger partial charge is 0.303 e. The Kier molecular flexibility index (Phi) is 7.03. The van der Waals surface area contributed by atoms with E-state index in [1.807, 2.05) is 31.2 Å². The molecule has 0 heterocycles. The van der Waals surface area contributed by atoms with Gasteiger partial charge in [-0.1, -0.05) is 30.7 Å². The van der Waals surface area contributed by atoms with Gasteiger partial charge in [0, 0.05) is 12.8 Å². The lowest BCUT2D eigenvalue weighted by molar-refractivity contribution is -0.137. The summed E-state index contributed by atoms with van der Waals surface area (Å²) in [7, 11) is 0. The lowest BCUT2D eigenvalue weighted by atomic mass is 10.1. The number of carboxylic acids is 1. The Balaban J connectivity index is 2.20. The van der Waals surface area contributed by atoms with E-state index in [-0.39, 0.29) is 12.3 Å². The second-order valence-corrected chi connectivity index (χ2v) is 4.60. The number of aryl methyl sites for hydroxylation is 1. The summed E-state index contributed by atoms with van der Waals surface area (Å²) in [6.07, 6.45) is 4.17. The second kappa shape index (κ2) is 8.85. The van der Waals surface area contributed by atoms with Crippen LogP contribution in [0.2, 0.25) is 0 Å². The molecule has 0 aromatic heterocycles. The number of aliphatic carboxylic acids is 1. The Morgan fingerprint density at radius 1 is 1.20 bits per heavy atom. The van der Waals surface area contributed by atoms with Crippen molar-refractivity contribution in [1.29, 1.82) is 0 Å². The van der Waals surface area contributed by atoms with Gasteiger partial charge in [0.25, 0.3) is 0 Å².